The highest BCUT2D eigenvalue weighted by atomic mass is 32.1. The Morgan fingerprint density at radius 2 is 1.96 bits per heavy atom. The normalized spacial score (nSPS) is 14.7. The zero-order valence-corrected chi connectivity index (χ0v) is 16.3. The number of hydrogen-bond donors (Lipinski definition) is 2. The molecule has 0 aliphatic carbocycles. The monoisotopic (exact) mass is 387 g/mol. The minimum atomic E-state index is 0.00796. The van der Waals surface area contributed by atoms with Crippen molar-refractivity contribution in [2.45, 2.75) is 32.6 Å². The molecule has 0 spiro atoms. The molecule has 1 aliphatic heterocycles. The number of anilines is 1. The van der Waals surface area contributed by atoms with Gasteiger partial charge < -0.3 is 15.4 Å². The average molecular weight is 388 g/mol. The summed E-state index contributed by atoms with van der Waals surface area (Å²) >= 11 is 1.45. The number of hydrogen-bond acceptors (Lipinski definition) is 5. The topological polar surface area (TPSA) is 80.3 Å². The molecular weight excluding hydrogens is 362 g/mol. The number of benzene rings is 1. The number of amides is 2. The second-order valence-corrected chi connectivity index (χ2v) is 7.56. The van der Waals surface area contributed by atoms with Gasteiger partial charge in [0.15, 0.2) is 5.13 Å². The molecule has 7 heteroatoms. The van der Waals surface area contributed by atoms with Crippen molar-refractivity contribution in [3.05, 3.63) is 35.2 Å². The van der Waals surface area contributed by atoms with Gasteiger partial charge in [0.05, 0.1) is 5.69 Å². The summed E-state index contributed by atoms with van der Waals surface area (Å²) in [5.74, 6) is 0.0604. The maximum Gasteiger partial charge on any atom is 0.229 e. The van der Waals surface area contributed by atoms with Crippen molar-refractivity contribution in [2.75, 3.05) is 25.1 Å². The van der Waals surface area contributed by atoms with Crippen LogP contribution in [0.5, 0.6) is 0 Å². The fourth-order valence-electron chi connectivity index (χ4n) is 3.03. The quantitative estimate of drug-likeness (QED) is 0.715. The Morgan fingerprint density at radius 1 is 1.22 bits per heavy atom. The summed E-state index contributed by atoms with van der Waals surface area (Å²) in [4.78, 5) is 27.7. The first-order valence-electron chi connectivity index (χ1n) is 9.29. The van der Waals surface area contributed by atoms with E-state index >= 15 is 0 Å². The van der Waals surface area contributed by atoms with Crippen LogP contribution in [0.25, 0.3) is 11.3 Å². The number of aromatic nitrogens is 1. The Hall–Kier alpha value is -2.25. The molecule has 1 aliphatic rings. The zero-order valence-electron chi connectivity index (χ0n) is 15.5. The molecule has 27 heavy (non-hydrogen) atoms. The lowest BCUT2D eigenvalue weighted by molar-refractivity contribution is -0.122. The molecule has 1 saturated heterocycles. The predicted octanol–water partition coefficient (Wildman–Crippen LogP) is 3.24. The van der Waals surface area contributed by atoms with Crippen molar-refractivity contribution in [3.63, 3.8) is 0 Å². The van der Waals surface area contributed by atoms with E-state index < -0.39 is 0 Å². The van der Waals surface area contributed by atoms with Crippen molar-refractivity contribution >= 4 is 28.3 Å². The van der Waals surface area contributed by atoms with Crippen molar-refractivity contribution in [1.29, 1.82) is 0 Å². The van der Waals surface area contributed by atoms with Gasteiger partial charge in [-0.25, -0.2) is 4.98 Å². The molecule has 2 amide bonds. The number of carbonyl (C=O) groups is 2. The molecule has 144 valence electrons. The smallest absolute Gasteiger partial charge is 0.229 e. The number of rotatable bonds is 7. The van der Waals surface area contributed by atoms with Crippen LogP contribution in [0, 0.1) is 5.92 Å². The van der Waals surface area contributed by atoms with E-state index in [0.29, 0.717) is 24.9 Å². The summed E-state index contributed by atoms with van der Waals surface area (Å²) in [7, 11) is 0. The fraction of sp³-hybridized carbons (Fsp3) is 0.450. The summed E-state index contributed by atoms with van der Waals surface area (Å²) in [6.07, 6.45) is 3.38. The van der Waals surface area contributed by atoms with E-state index in [0.717, 1.165) is 36.9 Å². The van der Waals surface area contributed by atoms with Crippen LogP contribution in [-0.4, -0.2) is 36.6 Å². The molecule has 2 heterocycles. The molecule has 3 rings (SSSR count). The Morgan fingerprint density at radius 3 is 2.67 bits per heavy atom. The molecule has 6 nitrogen and oxygen atoms in total. The Balaban J connectivity index is 1.52. The van der Waals surface area contributed by atoms with Crippen LogP contribution in [0.3, 0.4) is 0 Å². The van der Waals surface area contributed by atoms with Gasteiger partial charge in [-0.2, -0.15) is 0 Å². The second kappa shape index (κ2) is 9.62. The summed E-state index contributed by atoms with van der Waals surface area (Å²) in [6, 6.07) is 8.27. The van der Waals surface area contributed by atoms with Crippen LogP contribution < -0.4 is 10.6 Å². The Kier molecular flexibility index (Phi) is 6.95. The summed E-state index contributed by atoms with van der Waals surface area (Å²) < 4.78 is 5.30. The standard InChI is InChI=1S/C20H25N3O3S/c1-14(24)21-10-2-3-15-4-6-16(7-5-15)18-13-27-20(22-18)23-19(25)17-8-11-26-12-9-17/h4-7,13,17H,2-3,8-12H2,1H3,(H,21,24)(H,22,23,25). The molecule has 0 saturated carbocycles. The second-order valence-electron chi connectivity index (χ2n) is 6.70. The first kappa shape index (κ1) is 19.5. The molecular formula is C20H25N3O3S. The third-order valence-electron chi connectivity index (χ3n) is 4.59. The lowest BCUT2D eigenvalue weighted by Gasteiger charge is -2.20. The highest BCUT2D eigenvalue weighted by molar-refractivity contribution is 7.14. The van der Waals surface area contributed by atoms with Crippen LogP contribution in [-0.2, 0) is 20.7 Å². The minimum Gasteiger partial charge on any atom is -0.381 e. The number of aryl methyl sites for hydroxylation is 1. The first-order valence-corrected chi connectivity index (χ1v) is 10.2. The van der Waals surface area contributed by atoms with Crippen LogP contribution in [0.2, 0.25) is 0 Å². The SMILES string of the molecule is CC(=O)NCCCc1ccc(-c2csc(NC(=O)C3CCOCC3)n2)cc1. The van der Waals surface area contributed by atoms with E-state index in [4.69, 9.17) is 4.74 Å². The highest BCUT2D eigenvalue weighted by Crippen LogP contribution is 2.26. The molecule has 2 N–H and O–H groups in total. The largest absolute Gasteiger partial charge is 0.381 e. The molecule has 2 aromatic rings. The molecule has 1 aromatic heterocycles. The highest BCUT2D eigenvalue weighted by Gasteiger charge is 2.22. The van der Waals surface area contributed by atoms with Crippen molar-refractivity contribution in [1.82, 2.24) is 10.3 Å². The van der Waals surface area contributed by atoms with Crippen LogP contribution in [0.4, 0.5) is 5.13 Å². The molecule has 0 atom stereocenters. The number of nitrogens with zero attached hydrogens (tertiary/aromatic N) is 1. The van der Waals surface area contributed by atoms with Gasteiger partial charge in [-0.15, -0.1) is 11.3 Å². The first-order chi connectivity index (χ1) is 13.1. The number of carbonyl (C=O) groups excluding carboxylic acids is 2. The molecule has 0 radical (unpaired) electrons. The van der Waals surface area contributed by atoms with Crippen molar-refractivity contribution in [2.24, 2.45) is 5.92 Å². The molecule has 1 aromatic carbocycles. The van der Waals surface area contributed by atoms with E-state index in [-0.39, 0.29) is 17.7 Å². The van der Waals surface area contributed by atoms with Crippen molar-refractivity contribution in [3.8, 4) is 11.3 Å². The third-order valence-corrected chi connectivity index (χ3v) is 5.35. The fourth-order valence-corrected chi connectivity index (χ4v) is 3.75. The molecule has 0 bridgehead atoms. The minimum absolute atomic E-state index is 0.00796. The van der Waals surface area contributed by atoms with E-state index in [1.54, 1.807) is 0 Å². The van der Waals surface area contributed by atoms with E-state index in [1.807, 2.05) is 17.5 Å². The number of thiazole rings is 1. The van der Waals surface area contributed by atoms with Gasteiger partial charge in [-0.05, 0) is 31.2 Å². The van der Waals surface area contributed by atoms with Crippen LogP contribution in [0.1, 0.15) is 31.7 Å². The summed E-state index contributed by atoms with van der Waals surface area (Å²) in [5, 5.41) is 8.34. The number of nitrogens with one attached hydrogen (secondary N) is 2. The van der Waals surface area contributed by atoms with Gasteiger partial charge in [-0.3, -0.25) is 9.59 Å². The van der Waals surface area contributed by atoms with Gasteiger partial charge >= 0.3 is 0 Å². The number of ether oxygens (including phenoxy) is 1. The maximum atomic E-state index is 12.3. The van der Waals surface area contributed by atoms with E-state index in [9.17, 15) is 9.59 Å². The van der Waals surface area contributed by atoms with E-state index in [1.165, 1.54) is 23.8 Å². The average Bonchev–Trinajstić information content (AvgIpc) is 3.15. The Labute approximate surface area is 163 Å². The van der Waals surface area contributed by atoms with Gasteiger partial charge in [0, 0.05) is 43.5 Å². The molecule has 0 unspecified atom stereocenters. The lowest BCUT2D eigenvalue weighted by atomic mass is 10.00. The summed E-state index contributed by atoms with van der Waals surface area (Å²) in [5.41, 5.74) is 3.13. The van der Waals surface area contributed by atoms with E-state index in [2.05, 4.69) is 27.8 Å². The van der Waals surface area contributed by atoms with Gasteiger partial charge in [0.25, 0.3) is 0 Å². The van der Waals surface area contributed by atoms with Crippen molar-refractivity contribution < 1.29 is 14.3 Å². The van der Waals surface area contributed by atoms with Gasteiger partial charge in [0.2, 0.25) is 11.8 Å². The molecule has 1 fully saturated rings. The van der Waals surface area contributed by atoms with Gasteiger partial charge in [-0.1, -0.05) is 24.3 Å². The summed E-state index contributed by atoms with van der Waals surface area (Å²) in [6.45, 7) is 3.53. The third kappa shape index (κ3) is 5.87. The zero-order chi connectivity index (χ0) is 19.1. The maximum absolute atomic E-state index is 12.3. The predicted molar refractivity (Wildman–Crippen MR) is 107 cm³/mol. The Bertz CT molecular complexity index is 767. The van der Waals surface area contributed by atoms with Crippen LogP contribution >= 0.6 is 11.3 Å². The van der Waals surface area contributed by atoms with Gasteiger partial charge in [0.1, 0.15) is 0 Å². The lowest BCUT2D eigenvalue weighted by Crippen LogP contribution is -2.28. The van der Waals surface area contributed by atoms with Crippen LogP contribution in [0.15, 0.2) is 29.6 Å².